The number of amidine groups is 1. The molecule has 0 spiro atoms. The van der Waals surface area contributed by atoms with Crippen molar-refractivity contribution in [3.05, 3.63) is 23.8 Å². The highest BCUT2D eigenvalue weighted by molar-refractivity contribution is 5.99. The molecule has 0 unspecified atom stereocenters. The van der Waals surface area contributed by atoms with Crippen LogP contribution in [0, 0.1) is 0 Å². The van der Waals surface area contributed by atoms with Crippen molar-refractivity contribution in [1.82, 2.24) is 5.32 Å². The highest BCUT2D eigenvalue weighted by Crippen LogP contribution is 2.27. The highest BCUT2D eigenvalue weighted by Gasteiger charge is 2.10. The molecule has 0 bridgehead atoms. The summed E-state index contributed by atoms with van der Waals surface area (Å²) in [5.74, 6) is 2.41. The molecule has 1 aromatic rings. The van der Waals surface area contributed by atoms with E-state index in [4.69, 9.17) is 9.47 Å². The number of nitrogens with zero attached hydrogens (tertiary/aromatic N) is 1. The molecule has 0 fully saturated rings. The quantitative estimate of drug-likeness (QED) is 0.838. The number of hydrogen-bond donors (Lipinski definition) is 1. The van der Waals surface area contributed by atoms with Gasteiger partial charge in [-0.15, -0.1) is 0 Å². The zero-order chi connectivity index (χ0) is 11.4. The van der Waals surface area contributed by atoms with Crippen molar-refractivity contribution in [3.63, 3.8) is 0 Å². The van der Waals surface area contributed by atoms with Crippen LogP contribution in [0.1, 0.15) is 12.0 Å². The largest absolute Gasteiger partial charge is 0.493 e. The van der Waals surface area contributed by atoms with Gasteiger partial charge in [-0.2, -0.15) is 0 Å². The first kappa shape index (κ1) is 10.8. The normalized spacial score (nSPS) is 15.0. The van der Waals surface area contributed by atoms with Crippen molar-refractivity contribution in [2.45, 2.75) is 6.42 Å². The summed E-state index contributed by atoms with van der Waals surface area (Å²) in [5, 5.41) is 3.28. The molecule has 4 heteroatoms. The van der Waals surface area contributed by atoms with Gasteiger partial charge in [-0.25, -0.2) is 0 Å². The third-order valence-electron chi connectivity index (χ3n) is 2.55. The Morgan fingerprint density at radius 2 is 2.00 bits per heavy atom. The topological polar surface area (TPSA) is 42.8 Å². The number of nitrogens with one attached hydrogen (secondary N) is 1. The van der Waals surface area contributed by atoms with Crippen molar-refractivity contribution in [2.75, 3.05) is 27.3 Å². The minimum atomic E-state index is 0.732. The molecule has 0 amide bonds. The van der Waals surface area contributed by atoms with Gasteiger partial charge in [0.1, 0.15) is 5.84 Å². The van der Waals surface area contributed by atoms with E-state index >= 15 is 0 Å². The Labute approximate surface area is 95.3 Å². The van der Waals surface area contributed by atoms with Gasteiger partial charge >= 0.3 is 0 Å². The van der Waals surface area contributed by atoms with Crippen LogP contribution in [0.5, 0.6) is 11.5 Å². The van der Waals surface area contributed by atoms with Crippen molar-refractivity contribution < 1.29 is 9.47 Å². The molecule has 16 heavy (non-hydrogen) atoms. The Morgan fingerprint density at radius 1 is 1.19 bits per heavy atom. The maximum atomic E-state index is 5.26. The van der Waals surface area contributed by atoms with Gasteiger partial charge in [0.2, 0.25) is 0 Å². The van der Waals surface area contributed by atoms with Gasteiger partial charge in [-0.05, 0) is 24.6 Å². The number of rotatable bonds is 3. The monoisotopic (exact) mass is 220 g/mol. The second kappa shape index (κ2) is 4.88. The molecule has 1 N–H and O–H groups in total. The van der Waals surface area contributed by atoms with Crippen LogP contribution in [0.4, 0.5) is 0 Å². The van der Waals surface area contributed by atoms with Crippen LogP contribution in [0.3, 0.4) is 0 Å². The average Bonchev–Trinajstić information content (AvgIpc) is 2.39. The minimum absolute atomic E-state index is 0.732. The van der Waals surface area contributed by atoms with E-state index in [0.717, 1.165) is 42.4 Å². The van der Waals surface area contributed by atoms with Crippen LogP contribution in [-0.2, 0) is 0 Å². The van der Waals surface area contributed by atoms with E-state index in [1.807, 2.05) is 18.2 Å². The van der Waals surface area contributed by atoms with E-state index in [2.05, 4.69) is 10.3 Å². The Hall–Kier alpha value is -1.71. The molecular formula is C12H16N2O2. The average molecular weight is 220 g/mol. The van der Waals surface area contributed by atoms with E-state index in [1.54, 1.807) is 14.2 Å². The van der Waals surface area contributed by atoms with E-state index in [0.29, 0.717) is 0 Å². The van der Waals surface area contributed by atoms with Crippen molar-refractivity contribution >= 4 is 5.84 Å². The van der Waals surface area contributed by atoms with E-state index in [9.17, 15) is 0 Å². The fourth-order valence-electron chi connectivity index (χ4n) is 1.71. The molecule has 0 aromatic heterocycles. The molecule has 1 aliphatic heterocycles. The van der Waals surface area contributed by atoms with Crippen LogP contribution in [0.2, 0.25) is 0 Å². The molecule has 86 valence electrons. The summed E-state index contributed by atoms with van der Waals surface area (Å²) in [5.41, 5.74) is 1.04. The van der Waals surface area contributed by atoms with Gasteiger partial charge in [-0.1, -0.05) is 0 Å². The molecule has 0 atom stereocenters. The van der Waals surface area contributed by atoms with Gasteiger partial charge in [-0.3, -0.25) is 4.99 Å². The maximum Gasteiger partial charge on any atom is 0.161 e. The molecule has 0 aliphatic carbocycles. The van der Waals surface area contributed by atoms with Gasteiger partial charge < -0.3 is 14.8 Å². The van der Waals surface area contributed by atoms with E-state index < -0.39 is 0 Å². The van der Waals surface area contributed by atoms with Crippen LogP contribution >= 0.6 is 0 Å². The first-order chi connectivity index (χ1) is 7.85. The zero-order valence-electron chi connectivity index (χ0n) is 9.62. The smallest absolute Gasteiger partial charge is 0.161 e. The number of hydrogen-bond acceptors (Lipinski definition) is 4. The second-order valence-corrected chi connectivity index (χ2v) is 3.58. The maximum absolute atomic E-state index is 5.26. The van der Waals surface area contributed by atoms with Crippen molar-refractivity contribution in [1.29, 1.82) is 0 Å². The lowest BCUT2D eigenvalue weighted by Crippen LogP contribution is -2.30. The number of ether oxygens (including phenoxy) is 2. The van der Waals surface area contributed by atoms with Gasteiger partial charge in [0.15, 0.2) is 11.5 Å². The SMILES string of the molecule is COc1ccc(C2=NCCCN2)cc1OC. The molecule has 1 aromatic carbocycles. The Morgan fingerprint density at radius 3 is 2.62 bits per heavy atom. The molecule has 0 saturated heterocycles. The summed E-state index contributed by atoms with van der Waals surface area (Å²) >= 11 is 0. The summed E-state index contributed by atoms with van der Waals surface area (Å²) in [4.78, 5) is 4.44. The summed E-state index contributed by atoms with van der Waals surface area (Å²) in [6.07, 6.45) is 1.09. The molecule has 2 rings (SSSR count). The molecule has 0 radical (unpaired) electrons. The van der Waals surface area contributed by atoms with Gasteiger partial charge in [0.05, 0.1) is 14.2 Å². The Kier molecular flexibility index (Phi) is 3.29. The first-order valence-corrected chi connectivity index (χ1v) is 5.36. The predicted octanol–water partition coefficient (Wildman–Crippen LogP) is 1.44. The summed E-state index contributed by atoms with van der Waals surface area (Å²) in [6.45, 7) is 1.86. The molecule has 1 aliphatic rings. The fraction of sp³-hybridized carbons (Fsp3) is 0.417. The molecule has 1 heterocycles. The van der Waals surface area contributed by atoms with Gasteiger partial charge in [0.25, 0.3) is 0 Å². The van der Waals surface area contributed by atoms with Crippen LogP contribution in [0.15, 0.2) is 23.2 Å². The number of aliphatic imine (C=N–C) groups is 1. The van der Waals surface area contributed by atoms with Crippen LogP contribution < -0.4 is 14.8 Å². The van der Waals surface area contributed by atoms with Crippen molar-refractivity contribution in [3.8, 4) is 11.5 Å². The van der Waals surface area contributed by atoms with E-state index in [-0.39, 0.29) is 0 Å². The number of methoxy groups -OCH3 is 2. The molecular weight excluding hydrogens is 204 g/mol. The standard InChI is InChI=1S/C12H16N2O2/c1-15-10-5-4-9(8-11(10)16-2)12-13-6-3-7-14-12/h4-5,8H,3,6-7H2,1-2H3,(H,13,14). The lowest BCUT2D eigenvalue weighted by atomic mass is 10.1. The third-order valence-corrected chi connectivity index (χ3v) is 2.55. The molecule has 0 saturated carbocycles. The summed E-state index contributed by atoms with van der Waals surface area (Å²) < 4.78 is 10.5. The lowest BCUT2D eigenvalue weighted by Gasteiger charge is -2.16. The van der Waals surface area contributed by atoms with Crippen molar-refractivity contribution in [2.24, 2.45) is 4.99 Å². The highest BCUT2D eigenvalue weighted by atomic mass is 16.5. The Bertz CT molecular complexity index is 402. The molecule has 4 nitrogen and oxygen atoms in total. The van der Waals surface area contributed by atoms with Crippen LogP contribution in [-0.4, -0.2) is 33.1 Å². The lowest BCUT2D eigenvalue weighted by molar-refractivity contribution is 0.355. The zero-order valence-corrected chi connectivity index (χ0v) is 9.62. The van der Waals surface area contributed by atoms with Gasteiger partial charge in [0, 0.05) is 18.7 Å². The van der Waals surface area contributed by atoms with Crippen LogP contribution in [0.25, 0.3) is 0 Å². The predicted molar refractivity (Wildman–Crippen MR) is 63.6 cm³/mol. The fourth-order valence-corrected chi connectivity index (χ4v) is 1.71. The second-order valence-electron chi connectivity index (χ2n) is 3.58. The Balaban J connectivity index is 2.31. The summed E-state index contributed by atoms with van der Waals surface area (Å²) in [6, 6.07) is 5.82. The number of benzene rings is 1. The summed E-state index contributed by atoms with van der Waals surface area (Å²) in [7, 11) is 3.27. The first-order valence-electron chi connectivity index (χ1n) is 5.36. The minimum Gasteiger partial charge on any atom is -0.493 e. The third kappa shape index (κ3) is 2.10. The van der Waals surface area contributed by atoms with E-state index in [1.165, 1.54) is 0 Å².